The summed E-state index contributed by atoms with van der Waals surface area (Å²) < 4.78 is 14.0. The number of benzene rings is 1. The van der Waals surface area contributed by atoms with Crippen molar-refractivity contribution in [3.63, 3.8) is 0 Å². The first kappa shape index (κ1) is 21.9. The van der Waals surface area contributed by atoms with E-state index in [2.05, 4.69) is 20.5 Å². The molecule has 1 unspecified atom stereocenters. The molecular formula is C20H29FIN5. The molecule has 1 aliphatic carbocycles. The molecule has 1 aromatic rings. The van der Waals surface area contributed by atoms with Crippen LogP contribution in [-0.4, -0.2) is 42.6 Å². The third-order valence-electron chi connectivity index (χ3n) is 5.34. The minimum Gasteiger partial charge on any atom is -0.357 e. The Morgan fingerprint density at radius 1 is 1.33 bits per heavy atom. The zero-order valence-corrected chi connectivity index (χ0v) is 18.2. The molecule has 3 rings (SSSR count). The lowest BCUT2D eigenvalue weighted by atomic mass is 10.1. The van der Waals surface area contributed by atoms with Gasteiger partial charge >= 0.3 is 0 Å². The first-order valence-electron chi connectivity index (χ1n) is 9.67. The quantitative estimate of drug-likeness (QED) is 0.382. The van der Waals surface area contributed by atoms with Crippen molar-refractivity contribution < 1.29 is 4.39 Å². The van der Waals surface area contributed by atoms with Crippen LogP contribution in [0.2, 0.25) is 0 Å². The summed E-state index contributed by atoms with van der Waals surface area (Å²) in [4.78, 5) is 7.14. The monoisotopic (exact) mass is 485 g/mol. The van der Waals surface area contributed by atoms with Crippen LogP contribution in [0.4, 0.5) is 4.39 Å². The highest BCUT2D eigenvalue weighted by molar-refractivity contribution is 14.0. The maximum atomic E-state index is 14.0. The smallest absolute Gasteiger partial charge is 0.191 e. The van der Waals surface area contributed by atoms with Gasteiger partial charge in [0.15, 0.2) is 5.96 Å². The summed E-state index contributed by atoms with van der Waals surface area (Å²) in [6.45, 7) is 5.25. The summed E-state index contributed by atoms with van der Waals surface area (Å²) in [6.07, 6.45) is 6.50. The fourth-order valence-corrected chi connectivity index (χ4v) is 3.93. The lowest BCUT2D eigenvalue weighted by Crippen LogP contribution is -2.45. The fourth-order valence-electron chi connectivity index (χ4n) is 3.93. The maximum absolute atomic E-state index is 14.0. The molecule has 2 aliphatic rings. The van der Waals surface area contributed by atoms with Gasteiger partial charge in [-0.1, -0.05) is 18.9 Å². The van der Waals surface area contributed by atoms with Gasteiger partial charge in [0.05, 0.1) is 18.2 Å². The summed E-state index contributed by atoms with van der Waals surface area (Å²) in [6, 6.07) is 7.63. The Bertz CT molecular complexity index is 681. The summed E-state index contributed by atoms with van der Waals surface area (Å²) in [7, 11) is 0. The number of hydrogen-bond donors (Lipinski definition) is 2. The number of rotatable bonds is 5. The molecule has 1 heterocycles. The van der Waals surface area contributed by atoms with Crippen LogP contribution in [-0.2, 0) is 6.54 Å². The summed E-state index contributed by atoms with van der Waals surface area (Å²) in [5, 5.41) is 15.6. The molecule has 148 valence electrons. The third-order valence-corrected chi connectivity index (χ3v) is 5.34. The Morgan fingerprint density at radius 2 is 2.11 bits per heavy atom. The summed E-state index contributed by atoms with van der Waals surface area (Å²) in [5.41, 5.74) is 0.832. The Balaban J connectivity index is 0.00000261. The van der Waals surface area contributed by atoms with E-state index in [4.69, 9.17) is 5.26 Å². The van der Waals surface area contributed by atoms with Gasteiger partial charge in [-0.15, -0.1) is 24.0 Å². The average molecular weight is 485 g/mol. The highest BCUT2D eigenvalue weighted by Gasteiger charge is 2.30. The van der Waals surface area contributed by atoms with Gasteiger partial charge in [0.2, 0.25) is 0 Å². The Labute approximate surface area is 178 Å². The minimum absolute atomic E-state index is 0. The molecule has 7 heteroatoms. The standard InChI is InChI=1S/C20H28FN5.HI/c1-2-23-20(24-13-16-8-7-15(12-22)11-19(16)21)25-17-9-10-26(14-17)18-5-3-4-6-18;/h7-8,11,17-18H,2-6,9-10,13-14H2,1H3,(H2,23,24,25);1H. The van der Waals surface area contributed by atoms with Crippen molar-refractivity contribution in [1.82, 2.24) is 15.5 Å². The van der Waals surface area contributed by atoms with Crippen molar-refractivity contribution in [3.8, 4) is 6.07 Å². The molecule has 5 nitrogen and oxygen atoms in total. The van der Waals surface area contributed by atoms with Gasteiger partial charge < -0.3 is 10.6 Å². The van der Waals surface area contributed by atoms with E-state index in [-0.39, 0.29) is 36.3 Å². The van der Waals surface area contributed by atoms with Crippen LogP contribution in [0.5, 0.6) is 0 Å². The largest absolute Gasteiger partial charge is 0.357 e. The second-order valence-electron chi connectivity index (χ2n) is 7.18. The van der Waals surface area contributed by atoms with Crippen molar-refractivity contribution >= 4 is 29.9 Å². The minimum atomic E-state index is -0.378. The van der Waals surface area contributed by atoms with Gasteiger partial charge in [-0.2, -0.15) is 5.26 Å². The molecule has 0 spiro atoms. The number of hydrogen-bond acceptors (Lipinski definition) is 3. The first-order valence-corrected chi connectivity index (χ1v) is 9.67. The first-order chi connectivity index (χ1) is 12.7. The van der Waals surface area contributed by atoms with Gasteiger partial charge in [0, 0.05) is 37.3 Å². The molecule has 2 N–H and O–H groups in total. The van der Waals surface area contributed by atoms with Crippen LogP contribution in [0.3, 0.4) is 0 Å². The molecule has 0 bridgehead atoms. The third kappa shape index (κ3) is 6.04. The molecule has 1 saturated heterocycles. The van der Waals surface area contributed by atoms with Crippen LogP contribution < -0.4 is 10.6 Å². The Hall–Kier alpha value is -1.40. The normalized spacial score (nSPS) is 20.9. The number of likely N-dealkylation sites (tertiary alicyclic amines) is 1. The van der Waals surface area contributed by atoms with E-state index >= 15 is 0 Å². The topological polar surface area (TPSA) is 63.5 Å². The molecule has 0 amide bonds. The number of aliphatic imine (C=N–C) groups is 1. The van der Waals surface area contributed by atoms with Crippen LogP contribution >= 0.6 is 24.0 Å². The molecule has 1 aliphatic heterocycles. The average Bonchev–Trinajstić information content (AvgIpc) is 3.32. The number of nitriles is 1. The van der Waals surface area contributed by atoms with Crippen LogP contribution in [0.1, 0.15) is 50.2 Å². The van der Waals surface area contributed by atoms with Crippen molar-refractivity contribution in [3.05, 3.63) is 35.1 Å². The lowest BCUT2D eigenvalue weighted by Gasteiger charge is -2.24. The molecule has 1 atom stereocenters. The second kappa shape index (κ2) is 10.8. The van der Waals surface area contributed by atoms with E-state index in [1.807, 2.05) is 13.0 Å². The molecule has 0 aromatic heterocycles. The molecular weight excluding hydrogens is 456 g/mol. The zero-order valence-electron chi connectivity index (χ0n) is 15.9. The van der Waals surface area contributed by atoms with Gasteiger partial charge in [0.1, 0.15) is 5.82 Å². The van der Waals surface area contributed by atoms with Crippen molar-refractivity contribution in [2.75, 3.05) is 19.6 Å². The van der Waals surface area contributed by atoms with Crippen LogP contribution in [0.25, 0.3) is 0 Å². The number of nitrogens with zero attached hydrogens (tertiary/aromatic N) is 3. The van der Waals surface area contributed by atoms with E-state index in [0.717, 1.165) is 38.1 Å². The van der Waals surface area contributed by atoms with E-state index < -0.39 is 0 Å². The van der Waals surface area contributed by atoms with Gasteiger partial charge in [0.25, 0.3) is 0 Å². The maximum Gasteiger partial charge on any atom is 0.191 e. The summed E-state index contributed by atoms with van der Waals surface area (Å²) in [5.74, 6) is 0.353. The molecule has 1 aromatic carbocycles. The second-order valence-corrected chi connectivity index (χ2v) is 7.18. The van der Waals surface area contributed by atoms with Crippen molar-refractivity contribution in [2.45, 2.75) is 57.7 Å². The van der Waals surface area contributed by atoms with Crippen LogP contribution in [0.15, 0.2) is 23.2 Å². The fraction of sp³-hybridized carbons (Fsp3) is 0.600. The Morgan fingerprint density at radius 3 is 2.78 bits per heavy atom. The molecule has 0 radical (unpaired) electrons. The summed E-state index contributed by atoms with van der Waals surface area (Å²) >= 11 is 0. The molecule has 1 saturated carbocycles. The number of nitrogens with one attached hydrogen (secondary N) is 2. The SMILES string of the molecule is CCNC(=NCc1ccc(C#N)cc1F)NC1CCN(C2CCCC2)C1.I. The Kier molecular flexibility index (Phi) is 8.77. The van der Waals surface area contributed by atoms with E-state index in [1.54, 1.807) is 12.1 Å². The highest BCUT2D eigenvalue weighted by Crippen LogP contribution is 2.26. The van der Waals surface area contributed by atoms with E-state index in [1.165, 1.54) is 31.7 Å². The number of guanidine groups is 1. The molecule has 2 fully saturated rings. The van der Waals surface area contributed by atoms with Gasteiger partial charge in [-0.3, -0.25) is 4.90 Å². The zero-order chi connectivity index (χ0) is 18.4. The van der Waals surface area contributed by atoms with E-state index in [0.29, 0.717) is 17.2 Å². The molecule has 27 heavy (non-hydrogen) atoms. The highest BCUT2D eigenvalue weighted by atomic mass is 127. The predicted molar refractivity (Wildman–Crippen MR) is 117 cm³/mol. The van der Waals surface area contributed by atoms with Crippen molar-refractivity contribution in [1.29, 1.82) is 5.26 Å². The van der Waals surface area contributed by atoms with E-state index in [9.17, 15) is 4.39 Å². The van der Waals surface area contributed by atoms with Crippen molar-refractivity contribution in [2.24, 2.45) is 4.99 Å². The van der Waals surface area contributed by atoms with Gasteiger partial charge in [-0.25, -0.2) is 9.38 Å². The predicted octanol–water partition coefficient (Wildman–Crippen LogP) is 3.39. The van der Waals surface area contributed by atoms with Gasteiger partial charge in [-0.05, 0) is 38.3 Å². The lowest BCUT2D eigenvalue weighted by molar-refractivity contribution is 0.242. The number of halogens is 2. The van der Waals surface area contributed by atoms with Crippen LogP contribution in [0, 0.1) is 17.1 Å².